The Morgan fingerprint density at radius 2 is 1.80 bits per heavy atom. The van der Waals surface area contributed by atoms with Gasteiger partial charge in [-0.1, -0.05) is 12.1 Å². The van der Waals surface area contributed by atoms with Gasteiger partial charge in [0.05, 0.1) is 23.1 Å². The Bertz CT molecular complexity index is 1870. The second-order valence-corrected chi connectivity index (χ2v) is 13.0. The maximum Gasteiger partial charge on any atom is 0.435 e. The first-order chi connectivity index (χ1) is 21.5. The van der Waals surface area contributed by atoms with Crippen molar-refractivity contribution in [3.8, 4) is 0 Å². The Balaban J connectivity index is 1.52. The quantitative estimate of drug-likeness (QED) is 0.312. The first kappa shape index (κ1) is 32.7. The van der Waals surface area contributed by atoms with Crippen LogP contribution in [-0.4, -0.2) is 58.1 Å². The maximum atomic E-state index is 14.3. The molecule has 0 radical (unpaired) electrons. The van der Waals surface area contributed by atoms with Crippen LogP contribution in [0, 0.1) is 17.5 Å². The summed E-state index contributed by atoms with van der Waals surface area (Å²) in [6, 6.07) is 3.42. The summed E-state index contributed by atoms with van der Waals surface area (Å²) in [5.74, 6) is -6.18. The van der Waals surface area contributed by atoms with Gasteiger partial charge in [0.2, 0.25) is 5.91 Å². The Kier molecular flexibility index (Phi) is 8.74. The average Bonchev–Trinajstić information content (AvgIpc) is 3.28. The number of nitrogens with two attached hydrogens (primary N) is 1. The standard InChI is InChI=1S/C29H25F6N5O5S/c30-17-8-15(9-18(31)12-17)10-23(26-19(2-1-6-40(26)43)16-3-4-22(32)20(11-16)28(36)42)37-25(41)13-39-24-5-7-46(44,45)14-21(24)27(38-39)29(33,34)35/h1-4,6,8-9,11-12,23,26,43H,5,7,10,13-14H2,(H2,36,42)(H,37,41)/t23-,26?/m0/s1. The molecule has 17 heteroatoms. The topological polar surface area (TPSA) is 148 Å². The van der Waals surface area contributed by atoms with E-state index in [1.165, 1.54) is 24.4 Å². The summed E-state index contributed by atoms with van der Waals surface area (Å²) in [7, 11) is -3.83. The van der Waals surface area contributed by atoms with Gasteiger partial charge in [0.1, 0.15) is 30.0 Å². The molecule has 2 aliphatic heterocycles. The molecule has 2 atom stereocenters. The van der Waals surface area contributed by atoms with Gasteiger partial charge >= 0.3 is 6.18 Å². The number of hydrogen-bond donors (Lipinski definition) is 3. The van der Waals surface area contributed by atoms with E-state index < -0.39 is 92.2 Å². The fourth-order valence-electron chi connectivity index (χ4n) is 5.61. The van der Waals surface area contributed by atoms with Gasteiger partial charge in [0.25, 0.3) is 5.91 Å². The largest absolute Gasteiger partial charge is 0.435 e. The number of sulfone groups is 1. The molecule has 5 rings (SSSR count). The number of alkyl halides is 3. The third-order valence-electron chi connectivity index (χ3n) is 7.53. The number of aromatic nitrogens is 2. The van der Waals surface area contributed by atoms with Crippen molar-refractivity contribution >= 4 is 27.2 Å². The number of carbonyl (C=O) groups is 2. The first-order valence-electron chi connectivity index (χ1n) is 13.6. The third kappa shape index (κ3) is 6.94. The summed E-state index contributed by atoms with van der Waals surface area (Å²) in [6.45, 7) is -0.804. The van der Waals surface area contributed by atoms with E-state index in [-0.39, 0.29) is 35.2 Å². The van der Waals surface area contributed by atoms with Gasteiger partial charge in [-0.3, -0.25) is 24.5 Å². The molecule has 2 aliphatic rings. The van der Waals surface area contributed by atoms with Crippen LogP contribution in [0.25, 0.3) is 5.57 Å². The molecule has 0 saturated heterocycles. The van der Waals surface area contributed by atoms with E-state index in [9.17, 15) is 49.6 Å². The second kappa shape index (κ2) is 12.3. The van der Waals surface area contributed by atoms with E-state index in [1.807, 2.05) is 0 Å². The number of nitrogens with zero attached hydrogens (tertiary/aromatic N) is 3. The van der Waals surface area contributed by atoms with Crippen LogP contribution < -0.4 is 11.1 Å². The van der Waals surface area contributed by atoms with Crippen molar-refractivity contribution in [3.05, 3.63) is 106 Å². The van der Waals surface area contributed by atoms with Crippen molar-refractivity contribution in [2.45, 2.75) is 43.4 Å². The molecule has 3 aromatic rings. The lowest BCUT2D eigenvalue weighted by atomic mass is 9.87. The number of carbonyl (C=O) groups excluding carboxylic acids is 2. The number of nitrogens with one attached hydrogen (secondary N) is 1. The molecule has 0 spiro atoms. The van der Waals surface area contributed by atoms with Gasteiger partial charge in [0, 0.05) is 29.9 Å². The summed E-state index contributed by atoms with van der Waals surface area (Å²) >= 11 is 0. The highest BCUT2D eigenvalue weighted by atomic mass is 32.2. The molecule has 4 N–H and O–H groups in total. The lowest BCUT2D eigenvalue weighted by Gasteiger charge is -2.36. The zero-order valence-electron chi connectivity index (χ0n) is 23.6. The minimum atomic E-state index is -5.01. The van der Waals surface area contributed by atoms with Crippen LogP contribution in [-0.2, 0) is 45.9 Å². The number of allylic oxidation sites excluding steroid dienone is 2. The molecule has 3 heterocycles. The number of benzene rings is 2. The Morgan fingerprint density at radius 1 is 1.11 bits per heavy atom. The molecule has 244 valence electrons. The number of amides is 2. The number of hydroxylamine groups is 2. The monoisotopic (exact) mass is 669 g/mol. The van der Waals surface area contributed by atoms with Crippen LogP contribution in [0.3, 0.4) is 0 Å². The lowest BCUT2D eigenvalue weighted by Crippen LogP contribution is -2.52. The Hall–Kier alpha value is -4.64. The van der Waals surface area contributed by atoms with Crippen LogP contribution in [0.2, 0.25) is 0 Å². The number of hydrogen-bond acceptors (Lipinski definition) is 7. The van der Waals surface area contributed by atoms with E-state index in [0.29, 0.717) is 11.1 Å². The summed E-state index contributed by atoms with van der Waals surface area (Å²) in [5.41, 5.74) is 3.16. The number of fused-ring (bicyclic) bond motifs is 1. The summed E-state index contributed by atoms with van der Waals surface area (Å²) < 4.78 is 109. The highest BCUT2D eigenvalue weighted by Crippen LogP contribution is 2.36. The zero-order chi connectivity index (χ0) is 33.6. The van der Waals surface area contributed by atoms with Crippen LogP contribution >= 0.6 is 0 Å². The van der Waals surface area contributed by atoms with Gasteiger partial charge in [-0.15, -0.1) is 0 Å². The highest BCUT2D eigenvalue weighted by Gasteiger charge is 2.42. The van der Waals surface area contributed by atoms with Crippen molar-refractivity contribution in [3.63, 3.8) is 0 Å². The molecule has 1 unspecified atom stereocenters. The van der Waals surface area contributed by atoms with E-state index in [0.717, 1.165) is 28.9 Å². The molecule has 10 nitrogen and oxygen atoms in total. The Labute approximate surface area is 257 Å². The number of halogens is 6. The predicted molar refractivity (Wildman–Crippen MR) is 150 cm³/mol. The van der Waals surface area contributed by atoms with Gasteiger partial charge in [-0.2, -0.15) is 18.3 Å². The minimum absolute atomic E-state index is 0.0306. The van der Waals surface area contributed by atoms with Gasteiger partial charge in [-0.05, 0) is 53.5 Å². The normalized spacial score (nSPS) is 18.1. The number of rotatable bonds is 8. The number of primary amides is 1. The highest BCUT2D eigenvalue weighted by molar-refractivity contribution is 7.90. The molecule has 0 saturated carbocycles. The van der Waals surface area contributed by atoms with Gasteiger partial charge in [-0.25, -0.2) is 21.6 Å². The molecule has 2 amide bonds. The molecule has 0 fully saturated rings. The molecular weight excluding hydrogens is 644 g/mol. The smallest absolute Gasteiger partial charge is 0.366 e. The second-order valence-electron chi connectivity index (χ2n) is 10.8. The van der Waals surface area contributed by atoms with Crippen LogP contribution in [0.5, 0.6) is 0 Å². The van der Waals surface area contributed by atoms with Crippen molar-refractivity contribution < 1.29 is 49.6 Å². The molecule has 0 bridgehead atoms. The summed E-state index contributed by atoms with van der Waals surface area (Å²) in [5, 5.41) is 17.7. The lowest BCUT2D eigenvalue weighted by molar-refractivity contribution is -0.142. The van der Waals surface area contributed by atoms with Crippen LogP contribution in [0.15, 0.2) is 54.8 Å². The fourth-order valence-corrected chi connectivity index (χ4v) is 7.00. The van der Waals surface area contributed by atoms with E-state index in [2.05, 4.69) is 10.4 Å². The molecule has 0 aliphatic carbocycles. The zero-order valence-corrected chi connectivity index (χ0v) is 24.4. The SMILES string of the molecule is NC(=O)c1cc(C2=CC=CN(O)C2[C@H](Cc2cc(F)cc(F)c2)NC(=O)Cn2nc(C(F)(F)F)c3c2CCS(=O)(=O)C3)ccc1F. The first-order valence-corrected chi connectivity index (χ1v) is 15.4. The van der Waals surface area contributed by atoms with Gasteiger partial charge < -0.3 is 11.1 Å². The van der Waals surface area contributed by atoms with Crippen LogP contribution in [0.4, 0.5) is 26.3 Å². The van der Waals surface area contributed by atoms with E-state index >= 15 is 0 Å². The average molecular weight is 670 g/mol. The van der Waals surface area contributed by atoms with Crippen LogP contribution in [0.1, 0.15) is 38.4 Å². The molecule has 46 heavy (non-hydrogen) atoms. The van der Waals surface area contributed by atoms with Crippen molar-refractivity contribution in [2.75, 3.05) is 5.75 Å². The molecule has 1 aromatic heterocycles. The fraction of sp³-hybridized carbons (Fsp3) is 0.276. The van der Waals surface area contributed by atoms with Crippen molar-refractivity contribution in [1.82, 2.24) is 20.2 Å². The maximum absolute atomic E-state index is 14.3. The predicted octanol–water partition coefficient (Wildman–Crippen LogP) is 3.29. The van der Waals surface area contributed by atoms with E-state index in [4.69, 9.17) is 5.73 Å². The molecule has 2 aromatic carbocycles. The van der Waals surface area contributed by atoms with Crippen molar-refractivity contribution in [1.29, 1.82) is 0 Å². The summed E-state index contributed by atoms with van der Waals surface area (Å²) in [4.78, 5) is 25.2. The Morgan fingerprint density at radius 3 is 2.46 bits per heavy atom. The van der Waals surface area contributed by atoms with Crippen molar-refractivity contribution in [2.24, 2.45) is 5.73 Å². The van der Waals surface area contributed by atoms with E-state index in [1.54, 1.807) is 0 Å². The minimum Gasteiger partial charge on any atom is -0.366 e. The summed E-state index contributed by atoms with van der Waals surface area (Å²) in [6.07, 6.45) is -1.60. The third-order valence-corrected chi connectivity index (χ3v) is 9.09. The molecular formula is C29H25F6N5O5S. The van der Waals surface area contributed by atoms with Gasteiger partial charge in [0.15, 0.2) is 15.5 Å².